The number of carbonyl (C=O) groups is 3. The van der Waals surface area contributed by atoms with Crippen LogP contribution in [0.4, 0.5) is 43.2 Å². The van der Waals surface area contributed by atoms with Gasteiger partial charge in [0, 0.05) is 90.2 Å². The third-order valence-electron chi connectivity index (χ3n) is 20.6. The van der Waals surface area contributed by atoms with Crippen molar-refractivity contribution in [3.63, 3.8) is 0 Å². The number of carbonyl (C=O) groups excluding carboxylic acids is 3. The average Bonchev–Trinajstić information content (AvgIpc) is 1.60. The van der Waals surface area contributed by atoms with Crippen molar-refractivity contribution in [2.45, 2.75) is 132 Å². The molecule has 8 atom stereocenters. The lowest BCUT2D eigenvalue weighted by atomic mass is 9.62. The standard InChI is InChI=1S/C20H20FN5O.2C19H19FN6O.C7H11BF3/c1-12-10-26-11-14(6-15(21)18(26)24-12)25-19(27)16-8-23-17(9-22-16)20-5-3-2-4-13(20)7-20;2*1-11-9-26-10-13(4-14(20)17(26)24-11)25-18(27)15-7-23-16(8-22-15)19-2-3-21-6-12(19)5-19;9-8(10,11)7-4-2-1-3-6(7)5-7/h6,8-11,13H,2-5,7H2,1H3,(H,25,27);2*4,7-10,12,21H,2-3,5-6H2,1H3,(H,25,27);6H,1-5H2/q;;;-1/t;12-,19?;12-,19+;/m.10./s1. The first-order valence-electron chi connectivity index (χ1n) is 31.7. The number of pyridine rings is 3. The highest BCUT2D eigenvalue weighted by Crippen LogP contribution is 2.73. The van der Waals surface area contributed by atoms with Gasteiger partial charge in [0.25, 0.3) is 17.7 Å². The Bertz CT molecular complexity index is 3930. The van der Waals surface area contributed by atoms with Gasteiger partial charge in [-0.1, -0.05) is 56.2 Å². The molecule has 17 rings (SSSR count). The van der Waals surface area contributed by atoms with E-state index in [1.165, 1.54) is 68.9 Å². The second kappa shape index (κ2) is 23.4. The van der Waals surface area contributed by atoms with Gasteiger partial charge in [-0.25, -0.2) is 43.1 Å². The number of piperidine rings is 2. The Balaban J connectivity index is 0.000000111. The fourth-order valence-corrected chi connectivity index (χ4v) is 15.2. The number of fused-ring (bicyclic) bond motifs is 7. The second-order valence-electron chi connectivity index (χ2n) is 26.6. The largest absolute Gasteiger partial charge is 0.484 e. The lowest BCUT2D eigenvalue weighted by Crippen LogP contribution is -2.32. The maximum Gasteiger partial charge on any atom is 0.484 e. The molecule has 5 N–H and O–H groups in total. The molecule has 9 aromatic heterocycles. The zero-order valence-corrected chi connectivity index (χ0v) is 51.1. The van der Waals surface area contributed by atoms with Crippen molar-refractivity contribution >= 4 is 58.7 Å². The molecule has 11 heterocycles. The van der Waals surface area contributed by atoms with E-state index in [0.29, 0.717) is 58.8 Å². The van der Waals surface area contributed by atoms with Crippen molar-refractivity contribution in [2.75, 3.05) is 42.1 Å². The molecule has 27 heteroatoms. The summed E-state index contributed by atoms with van der Waals surface area (Å²) >= 11 is 0. The monoisotopic (exact) mass is 1260 g/mol. The Hall–Kier alpha value is -8.72. The van der Waals surface area contributed by atoms with E-state index in [1.54, 1.807) is 89.7 Å². The molecular weight excluding hydrogens is 1190 g/mol. The lowest BCUT2D eigenvalue weighted by molar-refractivity contribution is 0.101. The highest BCUT2D eigenvalue weighted by molar-refractivity contribution is 6.63. The van der Waals surface area contributed by atoms with Crippen LogP contribution in [0.3, 0.4) is 0 Å². The Morgan fingerprint density at radius 3 is 1.17 bits per heavy atom. The van der Waals surface area contributed by atoms with Gasteiger partial charge in [-0.2, -0.15) is 0 Å². The Kier molecular flexibility index (Phi) is 15.5. The maximum absolute atomic E-state index is 14.2. The van der Waals surface area contributed by atoms with Crippen LogP contribution in [0.2, 0.25) is 5.31 Å². The molecule has 92 heavy (non-hydrogen) atoms. The molecule has 0 spiro atoms. The number of nitrogens with zero attached hydrogens (tertiary/aromatic N) is 12. The second-order valence-corrected chi connectivity index (χ2v) is 26.6. The predicted octanol–water partition coefficient (Wildman–Crippen LogP) is 11.0. The van der Waals surface area contributed by atoms with Crippen molar-refractivity contribution < 1.29 is 40.5 Å². The van der Waals surface area contributed by atoms with E-state index >= 15 is 0 Å². The molecule has 6 saturated carbocycles. The number of hydrogen-bond acceptors (Lipinski definition) is 14. The van der Waals surface area contributed by atoms with Gasteiger partial charge >= 0.3 is 6.98 Å². The first kappa shape index (κ1) is 60.8. The molecule has 0 aromatic carbocycles. The Morgan fingerprint density at radius 1 is 0.467 bits per heavy atom. The smallest absolute Gasteiger partial charge is 0.449 e. The fraction of sp³-hybridized carbons (Fsp3) is 0.446. The number of aromatic nitrogens is 12. The van der Waals surface area contributed by atoms with E-state index in [0.717, 1.165) is 94.1 Å². The quantitative estimate of drug-likeness (QED) is 0.0632. The van der Waals surface area contributed by atoms with Gasteiger partial charge in [-0.3, -0.25) is 29.3 Å². The van der Waals surface area contributed by atoms with Crippen LogP contribution in [0.5, 0.6) is 0 Å². The minimum Gasteiger partial charge on any atom is -0.449 e. The number of amides is 3. The van der Waals surface area contributed by atoms with Crippen molar-refractivity contribution in [3.05, 3.63) is 161 Å². The van der Waals surface area contributed by atoms with Gasteiger partial charge in [-0.15, -0.1) is 0 Å². The molecule has 2 aliphatic heterocycles. The molecule has 5 unspecified atom stereocenters. The highest BCUT2D eigenvalue weighted by Gasteiger charge is 2.65. The number of nitrogens with one attached hydrogen (secondary N) is 5. The summed E-state index contributed by atoms with van der Waals surface area (Å²) in [6.45, 7) is 4.83. The van der Waals surface area contributed by atoms with Gasteiger partial charge < -0.3 is 52.7 Å². The van der Waals surface area contributed by atoms with Gasteiger partial charge in [0.05, 0.1) is 69.8 Å². The Morgan fingerprint density at radius 2 is 0.837 bits per heavy atom. The van der Waals surface area contributed by atoms with Crippen molar-refractivity contribution in [3.8, 4) is 0 Å². The topological polar surface area (TPSA) is 241 Å². The number of halogens is 6. The Labute approximate surface area is 525 Å². The molecule has 0 bridgehead atoms. The normalized spacial score (nSPS) is 26.2. The van der Waals surface area contributed by atoms with Gasteiger partial charge in [0.1, 0.15) is 17.1 Å². The number of rotatable bonds is 10. The van der Waals surface area contributed by atoms with Crippen LogP contribution in [0.25, 0.3) is 16.9 Å². The first-order valence-corrected chi connectivity index (χ1v) is 31.7. The van der Waals surface area contributed by atoms with Crippen LogP contribution < -0.4 is 26.6 Å². The molecule has 478 valence electrons. The average molecular weight is 1260 g/mol. The number of imidazole rings is 3. The van der Waals surface area contributed by atoms with E-state index in [1.807, 2.05) is 0 Å². The van der Waals surface area contributed by atoms with E-state index in [9.17, 15) is 40.5 Å². The summed E-state index contributed by atoms with van der Waals surface area (Å²) in [6, 6.07) is 3.77. The molecule has 8 aliphatic rings. The molecular formula is C65H69BF6N17O3-. The summed E-state index contributed by atoms with van der Waals surface area (Å²) in [6.07, 6.45) is 33.7. The summed E-state index contributed by atoms with van der Waals surface area (Å²) in [4.78, 5) is 76.2. The van der Waals surface area contributed by atoms with Gasteiger partial charge in [0.15, 0.2) is 34.4 Å². The minimum atomic E-state index is -4.54. The fourth-order valence-electron chi connectivity index (χ4n) is 15.2. The first-order chi connectivity index (χ1) is 44.2. The van der Waals surface area contributed by atoms with E-state index in [4.69, 9.17) is 0 Å². The number of aryl methyl sites for hydroxylation is 3. The zero-order valence-electron chi connectivity index (χ0n) is 51.1. The molecule has 3 amide bonds. The third kappa shape index (κ3) is 11.6. The number of anilines is 3. The molecule has 2 saturated heterocycles. The molecule has 8 fully saturated rings. The molecule has 6 aliphatic carbocycles. The summed E-state index contributed by atoms with van der Waals surface area (Å²) in [7, 11) is 0. The molecule has 20 nitrogen and oxygen atoms in total. The number of hydrogen-bond donors (Lipinski definition) is 5. The van der Waals surface area contributed by atoms with Crippen LogP contribution in [0, 0.1) is 61.9 Å². The summed E-state index contributed by atoms with van der Waals surface area (Å²) in [5.41, 5.74) is 7.91. The summed E-state index contributed by atoms with van der Waals surface area (Å²) in [5, 5.41) is 13.7. The van der Waals surface area contributed by atoms with Crippen LogP contribution in [-0.2, 0) is 16.2 Å². The zero-order chi connectivity index (χ0) is 63.9. The van der Waals surface area contributed by atoms with Crippen molar-refractivity contribution in [1.29, 1.82) is 0 Å². The third-order valence-corrected chi connectivity index (χ3v) is 20.6. The summed E-state index contributed by atoms with van der Waals surface area (Å²) < 4.78 is 84.4. The van der Waals surface area contributed by atoms with Crippen molar-refractivity contribution in [2.24, 2.45) is 23.7 Å². The van der Waals surface area contributed by atoms with Gasteiger partial charge in [0.2, 0.25) is 0 Å². The molecule has 0 radical (unpaired) electrons. The van der Waals surface area contributed by atoms with Crippen LogP contribution in [-0.4, -0.2) is 109 Å². The van der Waals surface area contributed by atoms with Crippen LogP contribution in [0.15, 0.2) is 92.6 Å². The summed E-state index contributed by atoms with van der Waals surface area (Å²) in [5.74, 6) is -0.734. The van der Waals surface area contributed by atoms with Gasteiger partial charge in [-0.05, 0) is 110 Å². The van der Waals surface area contributed by atoms with Crippen molar-refractivity contribution in [1.82, 2.24) is 68.7 Å². The van der Waals surface area contributed by atoms with E-state index in [2.05, 4.69) is 71.4 Å². The predicted molar refractivity (Wildman–Crippen MR) is 331 cm³/mol. The van der Waals surface area contributed by atoms with E-state index in [-0.39, 0.29) is 56.2 Å². The maximum atomic E-state index is 14.2. The SMILES string of the molecule is Cc1cn2cc(NC(=O)c3cnc(C45CCCCC4C5)cn3)cc(F)c2n1.Cc1cn2cc(NC(=O)c3cnc(C45CCNC[C@H]4C5)cn3)cc(F)c2n1.Cc1cn2cc(NC(=O)c3cnc([C@@]45CCNC[C@@H]4C5)cn3)cc(F)c2n1.F[B-](F)(F)C12CCCCC1C2. The van der Waals surface area contributed by atoms with Crippen LogP contribution >= 0.6 is 0 Å². The van der Waals surface area contributed by atoms with Crippen LogP contribution in [0.1, 0.15) is 156 Å². The lowest BCUT2D eigenvalue weighted by Gasteiger charge is -2.31. The van der Waals surface area contributed by atoms with E-state index < -0.39 is 47.5 Å². The minimum absolute atomic E-state index is 0.0104. The highest BCUT2D eigenvalue weighted by atomic mass is 19.4. The molecule has 9 aromatic rings.